The molecule has 0 aromatic heterocycles. The fourth-order valence-corrected chi connectivity index (χ4v) is 5.26. The molecule has 3 aliphatic rings. The Hall–Kier alpha value is -0.120. The normalized spacial score (nSPS) is 46.3. The molecular weight excluding hydrogens is 258 g/mol. The molecule has 3 nitrogen and oxygen atoms in total. The monoisotopic (exact) mass is 293 g/mol. The third-order valence-electron chi connectivity index (χ3n) is 6.91. The fraction of sp³-hybridized carbons (Fsp3) is 1.00. The van der Waals surface area contributed by atoms with Crippen molar-refractivity contribution < 1.29 is 0 Å². The summed E-state index contributed by atoms with van der Waals surface area (Å²) in [4.78, 5) is 5.59. The van der Waals surface area contributed by atoms with E-state index in [1.165, 1.54) is 58.2 Å². The lowest BCUT2D eigenvalue weighted by Crippen LogP contribution is -2.68. The molecule has 2 aliphatic heterocycles. The third-order valence-corrected chi connectivity index (χ3v) is 6.91. The maximum atomic E-state index is 6.35. The molecule has 2 N–H and O–H groups in total. The van der Waals surface area contributed by atoms with Gasteiger partial charge in [-0.15, -0.1) is 0 Å². The van der Waals surface area contributed by atoms with Crippen molar-refractivity contribution >= 4 is 0 Å². The van der Waals surface area contributed by atoms with E-state index in [-0.39, 0.29) is 5.54 Å². The van der Waals surface area contributed by atoms with Crippen LogP contribution in [0.4, 0.5) is 0 Å². The molecule has 5 atom stereocenters. The molecule has 0 aromatic carbocycles. The number of piperazine rings is 1. The Morgan fingerprint density at radius 2 is 1.86 bits per heavy atom. The van der Waals surface area contributed by atoms with Gasteiger partial charge in [-0.25, -0.2) is 0 Å². The van der Waals surface area contributed by atoms with E-state index < -0.39 is 0 Å². The maximum Gasteiger partial charge on any atom is 0.0338 e. The zero-order chi connectivity index (χ0) is 15.0. The fourth-order valence-electron chi connectivity index (χ4n) is 5.26. The summed E-state index contributed by atoms with van der Waals surface area (Å²) in [5.41, 5.74) is 6.64. The molecule has 0 aromatic rings. The molecule has 21 heavy (non-hydrogen) atoms. The van der Waals surface area contributed by atoms with Gasteiger partial charge >= 0.3 is 0 Å². The van der Waals surface area contributed by atoms with Crippen molar-refractivity contribution in [1.29, 1.82) is 0 Å². The van der Waals surface area contributed by atoms with Crippen LogP contribution in [0.15, 0.2) is 0 Å². The largest absolute Gasteiger partial charge is 0.329 e. The lowest BCUT2D eigenvalue weighted by molar-refractivity contribution is -0.0708. The summed E-state index contributed by atoms with van der Waals surface area (Å²) in [6, 6.07) is 1.47. The SMILES string of the molecule is CC1CCC(CN)(N2CC3CCCCN3CC2C)CC1C. The van der Waals surface area contributed by atoms with Crippen molar-refractivity contribution in [3.8, 4) is 0 Å². The molecule has 3 fully saturated rings. The van der Waals surface area contributed by atoms with Gasteiger partial charge in [0.15, 0.2) is 0 Å². The molecule has 1 saturated carbocycles. The van der Waals surface area contributed by atoms with E-state index in [0.717, 1.165) is 24.4 Å². The van der Waals surface area contributed by atoms with Gasteiger partial charge in [0.05, 0.1) is 0 Å². The number of hydrogen-bond acceptors (Lipinski definition) is 3. The van der Waals surface area contributed by atoms with Gasteiger partial charge < -0.3 is 5.73 Å². The van der Waals surface area contributed by atoms with Gasteiger partial charge in [-0.3, -0.25) is 9.80 Å². The zero-order valence-corrected chi connectivity index (χ0v) is 14.4. The average Bonchev–Trinajstić information content (AvgIpc) is 2.49. The Labute approximate surface area is 131 Å². The van der Waals surface area contributed by atoms with Gasteiger partial charge in [0.25, 0.3) is 0 Å². The van der Waals surface area contributed by atoms with E-state index in [9.17, 15) is 0 Å². The van der Waals surface area contributed by atoms with E-state index in [2.05, 4.69) is 30.6 Å². The van der Waals surface area contributed by atoms with E-state index in [4.69, 9.17) is 5.73 Å². The first-order valence-electron chi connectivity index (χ1n) is 9.26. The van der Waals surface area contributed by atoms with Crippen molar-refractivity contribution in [2.24, 2.45) is 17.6 Å². The molecule has 0 amide bonds. The Morgan fingerprint density at radius 1 is 1.05 bits per heavy atom. The number of hydrogen-bond donors (Lipinski definition) is 1. The second-order valence-corrected chi connectivity index (χ2v) is 8.27. The minimum atomic E-state index is 0.287. The predicted octanol–water partition coefficient (Wildman–Crippen LogP) is 2.70. The summed E-state index contributed by atoms with van der Waals surface area (Å²) in [6.45, 7) is 12.0. The first-order chi connectivity index (χ1) is 10.1. The molecule has 2 heterocycles. The molecule has 0 radical (unpaired) electrons. The number of rotatable bonds is 2. The molecule has 122 valence electrons. The van der Waals surface area contributed by atoms with Crippen molar-refractivity contribution in [2.45, 2.75) is 76.9 Å². The Balaban J connectivity index is 1.76. The van der Waals surface area contributed by atoms with Crippen molar-refractivity contribution in [3.05, 3.63) is 0 Å². The first-order valence-corrected chi connectivity index (χ1v) is 9.26. The van der Waals surface area contributed by atoms with Gasteiger partial charge in [0, 0.05) is 37.3 Å². The molecular formula is C18H35N3. The standard InChI is InChI=1S/C18H35N3/c1-14-7-8-18(13-19,10-15(14)2)21-12-17-6-4-5-9-20(17)11-16(21)3/h14-17H,4-13,19H2,1-3H3. The second-order valence-electron chi connectivity index (χ2n) is 8.27. The molecule has 2 saturated heterocycles. The third kappa shape index (κ3) is 2.89. The van der Waals surface area contributed by atoms with Crippen LogP contribution in [0, 0.1) is 11.8 Å². The molecule has 5 unspecified atom stereocenters. The zero-order valence-electron chi connectivity index (χ0n) is 14.4. The smallest absolute Gasteiger partial charge is 0.0338 e. The van der Waals surface area contributed by atoms with Crippen molar-refractivity contribution in [1.82, 2.24) is 9.80 Å². The van der Waals surface area contributed by atoms with Crippen molar-refractivity contribution in [2.75, 3.05) is 26.2 Å². The van der Waals surface area contributed by atoms with Crippen molar-refractivity contribution in [3.63, 3.8) is 0 Å². The molecule has 0 bridgehead atoms. The topological polar surface area (TPSA) is 32.5 Å². The highest BCUT2D eigenvalue weighted by molar-refractivity contribution is 5.03. The number of nitrogens with two attached hydrogens (primary N) is 1. The lowest BCUT2D eigenvalue weighted by atomic mass is 9.69. The number of nitrogens with zero attached hydrogens (tertiary/aromatic N) is 2. The van der Waals surface area contributed by atoms with Crippen LogP contribution in [0.1, 0.15) is 59.3 Å². The van der Waals surface area contributed by atoms with Crippen LogP contribution in [-0.2, 0) is 0 Å². The summed E-state index contributed by atoms with van der Waals surface area (Å²) in [6.07, 6.45) is 8.20. The maximum absolute atomic E-state index is 6.35. The Morgan fingerprint density at radius 3 is 2.57 bits per heavy atom. The van der Waals surface area contributed by atoms with Crippen LogP contribution in [0.5, 0.6) is 0 Å². The van der Waals surface area contributed by atoms with E-state index in [0.29, 0.717) is 6.04 Å². The summed E-state index contributed by atoms with van der Waals surface area (Å²) in [5, 5.41) is 0. The summed E-state index contributed by atoms with van der Waals surface area (Å²) in [7, 11) is 0. The lowest BCUT2D eigenvalue weighted by Gasteiger charge is -2.57. The quantitative estimate of drug-likeness (QED) is 0.849. The van der Waals surface area contributed by atoms with E-state index in [1.54, 1.807) is 0 Å². The summed E-state index contributed by atoms with van der Waals surface area (Å²) in [5.74, 6) is 1.69. The summed E-state index contributed by atoms with van der Waals surface area (Å²) < 4.78 is 0. The average molecular weight is 293 g/mol. The first kappa shape index (κ1) is 15.8. The molecule has 3 rings (SSSR count). The van der Waals surface area contributed by atoms with Crippen LogP contribution >= 0.6 is 0 Å². The van der Waals surface area contributed by atoms with Gasteiger partial charge in [-0.05, 0) is 57.4 Å². The van der Waals surface area contributed by atoms with Gasteiger partial charge in [-0.2, -0.15) is 0 Å². The van der Waals surface area contributed by atoms with Crippen LogP contribution in [0.25, 0.3) is 0 Å². The molecule has 0 spiro atoms. The van der Waals surface area contributed by atoms with Crippen LogP contribution in [0.2, 0.25) is 0 Å². The minimum Gasteiger partial charge on any atom is -0.329 e. The second kappa shape index (κ2) is 6.17. The Kier molecular flexibility index (Phi) is 4.63. The van der Waals surface area contributed by atoms with Crippen LogP contribution < -0.4 is 5.73 Å². The molecule has 3 heteroatoms. The molecule has 1 aliphatic carbocycles. The summed E-state index contributed by atoms with van der Waals surface area (Å²) >= 11 is 0. The number of piperidine rings is 1. The number of fused-ring (bicyclic) bond motifs is 1. The Bertz CT molecular complexity index is 358. The van der Waals surface area contributed by atoms with Gasteiger partial charge in [0.1, 0.15) is 0 Å². The highest BCUT2D eigenvalue weighted by atomic mass is 15.3. The highest BCUT2D eigenvalue weighted by Gasteiger charge is 2.46. The van der Waals surface area contributed by atoms with Crippen LogP contribution in [0.3, 0.4) is 0 Å². The highest BCUT2D eigenvalue weighted by Crippen LogP contribution is 2.42. The van der Waals surface area contributed by atoms with Gasteiger partial charge in [-0.1, -0.05) is 20.3 Å². The van der Waals surface area contributed by atoms with Gasteiger partial charge in [0.2, 0.25) is 0 Å². The minimum absolute atomic E-state index is 0.287. The van der Waals surface area contributed by atoms with E-state index >= 15 is 0 Å². The van der Waals surface area contributed by atoms with E-state index in [1.807, 2.05) is 0 Å². The van der Waals surface area contributed by atoms with Crippen LogP contribution in [-0.4, -0.2) is 53.6 Å². The predicted molar refractivity (Wildman–Crippen MR) is 89.3 cm³/mol.